The zero-order valence-corrected chi connectivity index (χ0v) is 13.4. The van der Waals surface area contributed by atoms with Gasteiger partial charge in [0.2, 0.25) is 0 Å². The molecule has 4 heteroatoms. The second-order valence-corrected chi connectivity index (χ2v) is 6.27. The number of rotatable bonds is 0. The number of nitrogens with zero attached hydrogens (tertiary/aromatic N) is 1. The van der Waals surface area contributed by atoms with Gasteiger partial charge >= 0.3 is 0 Å². The van der Waals surface area contributed by atoms with Gasteiger partial charge in [-0.05, 0) is 56.6 Å². The Morgan fingerprint density at radius 1 is 1.32 bits per heavy atom. The van der Waals surface area contributed by atoms with Crippen LogP contribution in [0.2, 0.25) is 0 Å². The Kier molecular flexibility index (Phi) is 3.49. The van der Waals surface area contributed by atoms with Crippen LogP contribution in [-0.2, 0) is 11.8 Å². The first-order chi connectivity index (χ1) is 8.36. The number of hydrogen-bond acceptors (Lipinski definition) is 3. The number of hydrogen-bond donors (Lipinski definition) is 2. The first-order valence-electron chi connectivity index (χ1n) is 6.61. The number of likely N-dealkylation sites (N-methyl/N-ethyl adjacent to an activating group) is 1. The SMILES string of the molecule is Br.CN1CC[C@@]2(C)c3cc(O)ccc3C[C@H]1[C@]2(C)O. The summed E-state index contributed by atoms with van der Waals surface area (Å²) in [5.41, 5.74) is 1.37. The number of benzene rings is 1. The van der Waals surface area contributed by atoms with Crippen molar-refractivity contribution < 1.29 is 10.2 Å². The Morgan fingerprint density at radius 2 is 2.00 bits per heavy atom. The highest BCUT2D eigenvalue weighted by Crippen LogP contribution is 2.51. The summed E-state index contributed by atoms with van der Waals surface area (Å²) in [5, 5.41) is 20.7. The lowest BCUT2D eigenvalue weighted by Gasteiger charge is -2.58. The summed E-state index contributed by atoms with van der Waals surface area (Å²) in [5.74, 6) is 0.295. The van der Waals surface area contributed by atoms with Crippen LogP contribution in [0.5, 0.6) is 5.75 Å². The standard InChI is InChI=1S/C15H21NO2.BrH/c1-14-6-7-16(3)13(15(14,2)18)8-10-4-5-11(17)9-12(10)14;/h4-5,9,13,17-18H,6-8H2,1-3H3;1H/t13-,14-,15-;/m0./s1. The number of fused-ring (bicyclic) bond motifs is 4. The molecular formula is C15H22BrNO2. The number of likely N-dealkylation sites (tertiary alicyclic amines) is 1. The predicted octanol–water partition coefficient (Wildman–Crippen LogP) is 2.24. The van der Waals surface area contributed by atoms with Crippen molar-refractivity contribution in [3.05, 3.63) is 29.3 Å². The van der Waals surface area contributed by atoms with E-state index in [1.807, 2.05) is 19.1 Å². The number of halogens is 1. The molecule has 2 aliphatic rings. The molecule has 1 aromatic rings. The molecule has 3 nitrogen and oxygen atoms in total. The predicted molar refractivity (Wildman–Crippen MR) is 81.1 cm³/mol. The van der Waals surface area contributed by atoms with Gasteiger partial charge < -0.3 is 15.1 Å². The van der Waals surface area contributed by atoms with Gasteiger partial charge in [0.1, 0.15) is 5.75 Å². The number of aliphatic hydroxyl groups is 1. The molecule has 2 N–H and O–H groups in total. The molecule has 1 aliphatic carbocycles. The van der Waals surface area contributed by atoms with Crippen LogP contribution < -0.4 is 0 Å². The van der Waals surface area contributed by atoms with Gasteiger partial charge in [-0.25, -0.2) is 0 Å². The van der Waals surface area contributed by atoms with Gasteiger partial charge in [-0.15, -0.1) is 17.0 Å². The van der Waals surface area contributed by atoms with E-state index in [1.54, 1.807) is 6.07 Å². The van der Waals surface area contributed by atoms with Crippen LogP contribution in [0.25, 0.3) is 0 Å². The Labute approximate surface area is 125 Å². The molecule has 1 saturated heterocycles. The summed E-state index contributed by atoms with van der Waals surface area (Å²) in [6, 6.07) is 5.75. The molecule has 1 aliphatic heterocycles. The minimum absolute atomic E-state index is 0. The summed E-state index contributed by atoms with van der Waals surface area (Å²) < 4.78 is 0. The van der Waals surface area contributed by atoms with Crippen LogP contribution in [0.15, 0.2) is 18.2 Å². The molecule has 0 radical (unpaired) electrons. The van der Waals surface area contributed by atoms with Crippen LogP contribution in [0.1, 0.15) is 31.4 Å². The summed E-state index contributed by atoms with van der Waals surface area (Å²) in [6.45, 7) is 5.07. The molecule has 1 fully saturated rings. The monoisotopic (exact) mass is 327 g/mol. The van der Waals surface area contributed by atoms with E-state index >= 15 is 0 Å². The zero-order valence-electron chi connectivity index (χ0n) is 11.7. The summed E-state index contributed by atoms with van der Waals surface area (Å²) in [4.78, 5) is 2.26. The average Bonchev–Trinajstić information content (AvgIpc) is 2.30. The highest BCUT2D eigenvalue weighted by atomic mass is 79.9. The lowest BCUT2D eigenvalue weighted by Crippen LogP contribution is -2.68. The molecular weight excluding hydrogens is 306 g/mol. The fraction of sp³-hybridized carbons (Fsp3) is 0.600. The topological polar surface area (TPSA) is 43.7 Å². The third kappa shape index (κ3) is 1.84. The molecule has 3 rings (SSSR count). The number of phenols is 1. The van der Waals surface area contributed by atoms with Gasteiger partial charge in [0.25, 0.3) is 0 Å². The molecule has 0 spiro atoms. The normalized spacial score (nSPS) is 37.4. The maximum absolute atomic E-state index is 11.0. The maximum atomic E-state index is 11.0. The average molecular weight is 328 g/mol. The molecule has 106 valence electrons. The maximum Gasteiger partial charge on any atom is 0.115 e. The van der Waals surface area contributed by atoms with Gasteiger partial charge in [-0.1, -0.05) is 13.0 Å². The molecule has 1 heterocycles. The van der Waals surface area contributed by atoms with Crippen molar-refractivity contribution in [2.24, 2.45) is 0 Å². The van der Waals surface area contributed by atoms with Gasteiger partial charge in [0, 0.05) is 11.5 Å². The fourth-order valence-corrected chi connectivity index (χ4v) is 3.83. The smallest absolute Gasteiger partial charge is 0.115 e. The van der Waals surface area contributed by atoms with E-state index in [0.717, 1.165) is 24.9 Å². The van der Waals surface area contributed by atoms with Crippen molar-refractivity contribution in [2.45, 2.75) is 43.7 Å². The number of piperidine rings is 1. The van der Waals surface area contributed by atoms with E-state index in [2.05, 4.69) is 18.9 Å². The zero-order chi connectivity index (χ0) is 13.1. The minimum Gasteiger partial charge on any atom is -0.508 e. The Balaban J connectivity index is 0.00000133. The second kappa shape index (κ2) is 4.47. The van der Waals surface area contributed by atoms with Gasteiger partial charge in [-0.3, -0.25) is 0 Å². The molecule has 19 heavy (non-hydrogen) atoms. The van der Waals surface area contributed by atoms with E-state index in [4.69, 9.17) is 0 Å². The van der Waals surface area contributed by atoms with Crippen molar-refractivity contribution in [1.29, 1.82) is 0 Å². The van der Waals surface area contributed by atoms with E-state index in [1.165, 1.54) is 5.56 Å². The molecule has 0 amide bonds. The van der Waals surface area contributed by atoms with E-state index in [-0.39, 0.29) is 28.4 Å². The van der Waals surface area contributed by atoms with Gasteiger partial charge in [0.15, 0.2) is 0 Å². The van der Waals surface area contributed by atoms with Crippen molar-refractivity contribution in [2.75, 3.05) is 13.6 Å². The third-order valence-corrected chi connectivity index (χ3v) is 5.36. The minimum atomic E-state index is -0.749. The lowest BCUT2D eigenvalue weighted by molar-refractivity contribution is -0.121. The molecule has 3 atom stereocenters. The summed E-state index contributed by atoms with van der Waals surface area (Å²) in [6.07, 6.45) is 1.78. The molecule has 1 aromatic carbocycles. The highest BCUT2D eigenvalue weighted by molar-refractivity contribution is 8.93. The Morgan fingerprint density at radius 3 is 2.68 bits per heavy atom. The van der Waals surface area contributed by atoms with Gasteiger partial charge in [-0.2, -0.15) is 0 Å². The Bertz CT molecular complexity index is 503. The third-order valence-electron chi connectivity index (χ3n) is 5.36. The van der Waals surface area contributed by atoms with Crippen LogP contribution in [0.3, 0.4) is 0 Å². The Hall–Kier alpha value is -0.580. The first-order valence-corrected chi connectivity index (χ1v) is 6.61. The molecule has 0 saturated carbocycles. The number of aromatic hydroxyl groups is 1. The first kappa shape index (κ1) is 14.8. The summed E-state index contributed by atoms with van der Waals surface area (Å²) >= 11 is 0. The van der Waals surface area contributed by atoms with Crippen LogP contribution in [0.4, 0.5) is 0 Å². The van der Waals surface area contributed by atoms with E-state index in [0.29, 0.717) is 5.75 Å². The van der Waals surface area contributed by atoms with E-state index < -0.39 is 5.60 Å². The van der Waals surface area contributed by atoms with Crippen LogP contribution >= 0.6 is 17.0 Å². The largest absolute Gasteiger partial charge is 0.508 e. The van der Waals surface area contributed by atoms with Crippen molar-refractivity contribution in [3.63, 3.8) is 0 Å². The van der Waals surface area contributed by atoms with Gasteiger partial charge in [0.05, 0.1) is 5.60 Å². The van der Waals surface area contributed by atoms with Crippen molar-refractivity contribution >= 4 is 17.0 Å². The summed E-state index contributed by atoms with van der Waals surface area (Å²) in [7, 11) is 2.09. The molecule has 0 aromatic heterocycles. The van der Waals surface area contributed by atoms with Crippen LogP contribution in [-0.4, -0.2) is 40.3 Å². The quantitative estimate of drug-likeness (QED) is 0.768. The molecule has 0 unspecified atom stereocenters. The van der Waals surface area contributed by atoms with Crippen molar-refractivity contribution in [1.82, 2.24) is 4.90 Å². The van der Waals surface area contributed by atoms with E-state index in [9.17, 15) is 10.2 Å². The number of phenolic OH excluding ortho intramolecular Hbond substituents is 1. The second-order valence-electron chi connectivity index (χ2n) is 6.27. The fourth-order valence-electron chi connectivity index (χ4n) is 3.83. The lowest BCUT2D eigenvalue weighted by atomic mass is 9.56. The highest BCUT2D eigenvalue weighted by Gasteiger charge is 2.57. The molecule has 2 bridgehead atoms. The van der Waals surface area contributed by atoms with Crippen LogP contribution in [0, 0.1) is 0 Å². The van der Waals surface area contributed by atoms with Crippen molar-refractivity contribution in [3.8, 4) is 5.75 Å².